The van der Waals surface area contributed by atoms with Gasteiger partial charge in [-0.05, 0) is 22.3 Å². The number of ether oxygens (including phenoxy) is 1. The Kier molecular flexibility index (Phi) is 4.81. The van der Waals surface area contributed by atoms with E-state index in [2.05, 4.69) is 32.6 Å². The van der Waals surface area contributed by atoms with Crippen LogP contribution in [-0.2, 0) is 9.53 Å². The summed E-state index contributed by atoms with van der Waals surface area (Å²) >= 11 is 0. The van der Waals surface area contributed by atoms with Gasteiger partial charge in [0.2, 0.25) is 5.82 Å². The molecule has 2 amide bonds. The molecule has 162 valence electrons. The third-order valence-corrected chi connectivity index (χ3v) is 5.76. The Hall–Kier alpha value is -4.21. The van der Waals surface area contributed by atoms with E-state index in [1.807, 2.05) is 36.4 Å². The molecule has 32 heavy (non-hydrogen) atoms. The molecule has 2 heterocycles. The van der Waals surface area contributed by atoms with E-state index in [0.29, 0.717) is 0 Å². The lowest BCUT2D eigenvalue weighted by molar-refractivity contribution is -0.146. The van der Waals surface area contributed by atoms with Crippen molar-refractivity contribution in [3.63, 3.8) is 0 Å². The van der Waals surface area contributed by atoms with Gasteiger partial charge in [0.05, 0.1) is 5.92 Å². The van der Waals surface area contributed by atoms with Gasteiger partial charge >= 0.3 is 12.1 Å². The molecule has 0 saturated carbocycles. The lowest BCUT2D eigenvalue weighted by atomic mass is 9.98. The number of aliphatic carboxylic acids is 1. The van der Waals surface area contributed by atoms with Gasteiger partial charge in [0.25, 0.3) is 11.9 Å². The number of H-pyrrole nitrogens is 1. The molecule has 10 nitrogen and oxygen atoms in total. The van der Waals surface area contributed by atoms with Crippen molar-refractivity contribution >= 4 is 23.9 Å². The summed E-state index contributed by atoms with van der Waals surface area (Å²) in [6, 6.07) is 16.0. The minimum absolute atomic E-state index is 0.0778. The maximum atomic E-state index is 12.3. The molecule has 3 N–H and O–H groups in total. The minimum atomic E-state index is -0.941. The summed E-state index contributed by atoms with van der Waals surface area (Å²) in [5.74, 6) is -2.24. The Balaban J connectivity index is 1.20. The van der Waals surface area contributed by atoms with Crippen LogP contribution in [0.1, 0.15) is 27.7 Å². The lowest BCUT2D eigenvalue weighted by Gasteiger charge is -2.35. The number of hydrogen-bond acceptors (Lipinski definition) is 6. The van der Waals surface area contributed by atoms with Crippen molar-refractivity contribution < 1.29 is 24.2 Å². The fraction of sp³-hybridized carbons (Fsp3) is 0.227. The van der Waals surface area contributed by atoms with Crippen LogP contribution in [0, 0.1) is 5.92 Å². The predicted octanol–water partition coefficient (Wildman–Crippen LogP) is 2.32. The molecule has 0 spiro atoms. The van der Waals surface area contributed by atoms with Crippen molar-refractivity contribution in [1.29, 1.82) is 0 Å². The maximum Gasteiger partial charge on any atom is 0.414 e. The zero-order valence-corrected chi connectivity index (χ0v) is 16.8. The van der Waals surface area contributed by atoms with Crippen LogP contribution in [0.15, 0.2) is 48.5 Å². The smallest absolute Gasteiger partial charge is 0.414 e. The first-order valence-corrected chi connectivity index (χ1v) is 10.1. The standard InChI is InChI=1S/C22H19N5O5/c28-19(27-9-12(10-27)20(29)30)18-23-21(26-25-18)24-22(31)32-11-17-15-7-3-1-5-13(15)14-6-2-4-8-16(14)17/h1-8,12,17H,9-11H2,(H,29,30)(H2,23,24,25,26,31). The van der Waals surface area contributed by atoms with Gasteiger partial charge in [0.15, 0.2) is 0 Å². The number of hydrogen-bond donors (Lipinski definition) is 3. The number of carbonyl (C=O) groups is 3. The molecule has 10 heteroatoms. The van der Waals surface area contributed by atoms with Crippen LogP contribution < -0.4 is 5.32 Å². The average molecular weight is 433 g/mol. The lowest BCUT2D eigenvalue weighted by Crippen LogP contribution is -2.53. The first-order valence-electron chi connectivity index (χ1n) is 10.1. The summed E-state index contributed by atoms with van der Waals surface area (Å²) < 4.78 is 5.43. The van der Waals surface area contributed by atoms with Crippen molar-refractivity contribution in [3.8, 4) is 11.1 Å². The molecule has 0 unspecified atom stereocenters. The number of nitrogens with one attached hydrogen (secondary N) is 2. The number of benzene rings is 2. The van der Waals surface area contributed by atoms with Gasteiger partial charge in [0.1, 0.15) is 6.61 Å². The fourth-order valence-corrected chi connectivity index (χ4v) is 4.09. The Morgan fingerprint density at radius 3 is 2.31 bits per heavy atom. The third-order valence-electron chi connectivity index (χ3n) is 5.76. The summed E-state index contributed by atoms with van der Waals surface area (Å²) in [4.78, 5) is 40.8. The largest absolute Gasteiger partial charge is 0.481 e. The number of nitrogens with zero attached hydrogens (tertiary/aromatic N) is 3. The van der Waals surface area contributed by atoms with E-state index in [0.717, 1.165) is 22.3 Å². The molecule has 0 atom stereocenters. The molecule has 2 aromatic carbocycles. The van der Waals surface area contributed by atoms with Crippen molar-refractivity contribution in [3.05, 3.63) is 65.5 Å². The van der Waals surface area contributed by atoms with E-state index in [-0.39, 0.29) is 37.4 Å². The van der Waals surface area contributed by atoms with E-state index in [4.69, 9.17) is 9.84 Å². The quantitative estimate of drug-likeness (QED) is 0.561. The Morgan fingerprint density at radius 1 is 1.06 bits per heavy atom. The molecule has 1 fully saturated rings. The van der Waals surface area contributed by atoms with Crippen LogP contribution in [-0.4, -0.2) is 62.9 Å². The van der Waals surface area contributed by atoms with Crippen LogP contribution in [0.2, 0.25) is 0 Å². The van der Waals surface area contributed by atoms with Gasteiger partial charge in [-0.3, -0.25) is 20.0 Å². The minimum Gasteiger partial charge on any atom is -0.481 e. The molecular formula is C22H19N5O5. The second-order valence-corrected chi connectivity index (χ2v) is 7.70. The van der Waals surface area contributed by atoms with Crippen molar-refractivity contribution in [1.82, 2.24) is 20.1 Å². The number of amides is 2. The van der Waals surface area contributed by atoms with Crippen LogP contribution >= 0.6 is 0 Å². The number of carboxylic acids is 1. The van der Waals surface area contributed by atoms with Gasteiger partial charge in [-0.2, -0.15) is 4.98 Å². The topological polar surface area (TPSA) is 138 Å². The van der Waals surface area contributed by atoms with E-state index >= 15 is 0 Å². The molecule has 1 aliphatic heterocycles. The highest BCUT2D eigenvalue weighted by Crippen LogP contribution is 2.44. The second kappa shape index (κ2) is 7.80. The van der Waals surface area contributed by atoms with E-state index in [9.17, 15) is 14.4 Å². The number of anilines is 1. The normalized spacial score (nSPS) is 14.9. The Bertz CT molecular complexity index is 1170. The van der Waals surface area contributed by atoms with Crippen molar-refractivity contribution in [2.45, 2.75) is 5.92 Å². The van der Waals surface area contributed by atoms with Gasteiger partial charge in [-0.15, -0.1) is 5.10 Å². The second-order valence-electron chi connectivity index (χ2n) is 7.70. The zero-order chi connectivity index (χ0) is 22.2. The Morgan fingerprint density at radius 2 is 1.69 bits per heavy atom. The number of fused-ring (bicyclic) bond motifs is 3. The first-order chi connectivity index (χ1) is 15.5. The van der Waals surface area contributed by atoms with Gasteiger partial charge < -0.3 is 14.7 Å². The van der Waals surface area contributed by atoms with Crippen LogP contribution in [0.5, 0.6) is 0 Å². The molecule has 3 aromatic rings. The average Bonchev–Trinajstić information content (AvgIpc) is 3.33. The van der Waals surface area contributed by atoms with Crippen LogP contribution in [0.25, 0.3) is 11.1 Å². The molecule has 2 aliphatic rings. The number of aromatic nitrogens is 3. The van der Waals surface area contributed by atoms with Crippen LogP contribution in [0.4, 0.5) is 10.7 Å². The van der Waals surface area contributed by atoms with E-state index in [1.165, 1.54) is 4.90 Å². The fourth-order valence-electron chi connectivity index (χ4n) is 4.09. The molecule has 0 bridgehead atoms. The third kappa shape index (κ3) is 3.45. The zero-order valence-electron chi connectivity index (χ0n) is 16.8. The summed E-state index contributed by atoms with van der Waals surface area (Å²) in [6.45, 7) is 0.369. The molecule has 0 radical (unpaired) electrons. The number of aromatic amines is 1. The number of likely N-dealkylation sites (tertiary alicyclic amines) is 1. The van der Waals surface area contributed by atoms with Gasteiger partial charge in [-0.25, -0.2) is 4.79 Å². The SMILES string of the molecule is O=C(Nc1n[nH]c(C(=O)N2CC(C(=O)O)C2)n1)OCC1c2ccccc2-c2ccccc21. The summed E-state index contributed by atoms with van der Waals surface area (Å²) in [5.41, 5.74) is 4.46. The van der Waals surface area contributed by atoms with Crippen molar-refractivity contribution in [2.75, 3.05) is 25.0 Å². The molecule has 5 rings (SSSR count). The van der Waals surface area contributed by atoms with E-state index < -0.39 is 23.9 Å². The van der Waals surface area contributed by atoms with Gasteiger partial charge in [0, 0.05) is 19.0 Å². The maximum absolute atomic E-state index is 12.3. The number of carboxylic acid groups (broad SMARTS) is 1. The number of rotatable bonds is 5. The first kappa shape index (κ1) is 19.7. The van der Waals surface area contributed by atoms with Crippen LogP contribution in [0.3, 0.4) is 0 Å². The van der Waals surface area contributed by atoms with Crippen molar-refractivity contribution in [2.24, 2.45) is 5.92 Å². The highest BCUT2D eigenvalue weighted by atomic mass is 16.5. The van der Waals surface area contributed by atoms with Gasteiger partial charge in [-0.1, -0.05) is 48.5 Å². The highest BCUT2D eigenvalue weighted by Gasteiger charge is 2.37. The number of carbonyl (C=O) groups excluding carboxylic acids is 2. The predicted molar refractivity (Wildman–Crippen MR) is 112 cm³/mol. The molecule has 1 saturated heterocycles. The monoisotopic (exact) mass is 433 g/mol. The molecule has 1 aliphatic carbocycles. The summed E-state index contributed by atoms with van der Waals surface area (Å²) in [5, 5.41) is 17.6. The molecular weight excluding hydrogens is 414 g/mol. The molecule has 1 aromatic heterocycles. The summed E-state index contributed by atoms with van der Waals surface area (Å²) in [7, 11) is 0. The highest BCUT2D eigenvalue weighted by molar-refractivity contribution is 5.93. The summed E-state index contributed by atoms with van der Waals surface area (Å²) in [6.07, 6.45) is -0.736. The van der Waals surface area contributed by atoms with E-state index in [1.54, 1.807) is 0 Å². The Labute approximate surface area is 182 Å².